The monoisotopic (exact) mass is 439 g/mol. The van der Waals surface area contributed by atoms with Gasteiger partial charge in [0, 0.05) is 30.1 Å². The standard InChI is InChI=1S/C21H24F3N3O4/c1-29-17-9-6-15(11-18(17)30-2)27-20(28)26-14-4-7-16(8-5-14)31-19-10-3-13(12-25-19)21(22,23)24/h3,6,9-12,14,16H,4-5,7-8H2,1-2H3,(H2,26,27,28). The summed E-state index contributed by atoms with van der Waals surface area (Å²) in [5.74, 6) is 1.24. The van der Waals surface area contributed by atoms with Gasteiger partial charge in [0.2, 0.25) is 5.88 Å². The first-order valence-corrected chi connectivity index (χ1v) is 9.78. The summed E-state index contributed by atoms with van der Waals surface area (Å²) >= 11 is 0. The molecule has 0 atom stereocenters. The molecule has 1 aliphatic carbocycles. The number of amides is 2. The minimum Gasteiger partial charge on any atom is -0.493 e. The number of benzene rings is 1. The average molecular weight is 439 g/mol. The number of carbonyl (C=O) groups is 1. The highest BCUT2D eigenvalue weighted by molar-refractivity contribution is 5.89. The lowest BCUT2D eigenvalue weighted by molar-refractivity contribution is -0.137. The van der Waals surface area contributed by atoms with Gasteiger partial charge in [-0.1, -0.05) is 0 Å². The second kappa shape index (κ2) is 9.76. The molecule has 1 aromatic heterocycles. The second-order valence-electron chi connectivity index (χ2n) is 7.14. The number of carbonyl (C=O) groups excluding carboxylic acids is 1. The van der Waals surface area contributed by atoms with Crippen LogP contribution in [0.5, 0.6) is 17.4 Å². The molecule has 1 fully saturated rings. The molecule has 31 heavy (non-hydrogen) atoms. The van der Waals surface area contributed by atoms with E-state index in [-0.39, 0.29) is 24.1 Å². The van der Waals surface area contributed by atoms with Gasteiger partial charge >= 0.3 is 12.2 Å². The van der Waals surface area contributed by atoms with Crippen molar-refractivity contribution in [2.75, 3.05) is 19.5 Å². The van der Waals surface area contributed by atoms with Crippen molar-refractivity contribution in [2.45, 2.75) is 44.0 Å². The molecule has 168 valence electrons. The Kier molecular flexibility index (Phi) is 7.09. The number of aromatic nitrogens is 1. The first-order chi connectivity index (χ1) is 14.8. The van der Waals surface area contributed by atoms with Crippen LogP contribution in [0.1, 0.15) is 31.2 Å². The van der Waals surface area contributed by atoms with Crippen LogP contribution in [-0.2, 0) is 6.18 Å². The number of urea groups is 1. The highest BCUT2D eigenvalue weighted by Gasteiger charge is 2.31. The summed E-state index contributed by atoms with van der Waals surface area (Å²) in [7, 11) is 3.05. The summed E-state index contributed by atoms with van der Waals surface area (Å²) in [4.78, 5) is 16.0. The maximum Gasteiger partial charge on any atom is 0.417 e. The van der Waals surface area contributed by atoms with E-state index < -0.39 is 11.7 Å². The Morgan fingerprint density at radius 1 is 1.03 bits per heavy atom. The van der Waals surface area contributed by atoms with Crippen molar-refractivity contribution in [3.05, 3.63) is 42.1 Å². The average Bonchev–Trinajstić information content (AvgIpc) is 2.74. The van der Waals surface area contributed by atoms with Crippen molar-refractivity contribution in [1.82, 2.24) is 10.3 Å². The number of nitrogens with zero attached hydrogens (tertiary/aromatic N) is 1. The van der Waals surface area contributed by atoms with Gasteiger partial charge in [-0.15, -0.1) is 0 Å². The first-order valence-electron chi connectivity index (χ1n) is 9.78. The molecule has 0 radical (unpaired) electrons. The molecule has 2 amide bonds. The number of hydrogen-bond acceptors (Lipinski definition) is 5. The minimum atomic E-state index is -4.42. The van der Waals surface area contributed by atoms with E-state index in [0.717, 1.165) is 12.3 Å². The van der Waals surface area contributed by atoms with Crippen LogP contribution >= 0.6 is 0 Å². The maximum absolute atomic E-state index is 12.6. The van der Waals surface area contributed by atoms with Crippen LogP contribution in [0.3, 0.4) is 0 Å². The quantitative estimate of drug-likeness (QED) is 0.686. The number of ether oxygens (including phenoxy) is 3. The summed E-state index contributed by atoms with van der Waals surface area (Å²) in [6.45, 7) is 0. The molecule has 0 unspecified atom stereocenters. The molecule has 0 aliphatic heterocycles. The van der Waals surface area contributed by atoms with Crippen molar-refractivity contribution in [3.63, 3.8) is 0 Å². The molecule has 3 rings (SSSR count). The lowest BCUT2D eigenvalue weighted by Gasteiger charge is -2.29. The zero-order valence-corrected chi connectivity index (χ0v) is 17.2. The molecule has 2 aromatic rings. The second-order valence-corrected chi connectivity index (χ2v) is 7.14. The molecule has 1 saturated carbocycles. The lowest BCUT2D eigenvalue weighted by Crippen LogP contribution is -2.41. The van der Waals surface area contributed by atoms with E-state index in [2.05, 4.69) is 15.6 Å². The third-order valence-electron chi connectivity index (χ3n) is 5.00. The number of pyridine rings is 1. The van der Waals surface area contributed by atoms with Gasteiger partial charge in [-0.25, -0.2) is 9.78 Å². The Balaban J connectivity index is 1.45. The minimum absolute atomic E-state index is 0.0273. The summed E-state index contributed by atoms with van der Waals surface area (Å²) < 4.78 is 53.9. The Bertz CT molecular complexity index is 882. The van der Waals surface area contributed by atoms with Crippen LogP contribution < -0.4 is 24.8 Å². The van der Waals surface area contributed by atoms with E-state index in [0.29, 0.717) is 42.9 Å². The van der Waals surface area contributed by atoms with Crippen LogP contribution in [0.4, 0.5) is 23.7 Å². The largest absolute Gasteiger partial charge is 0.493 e. The number of methoxy groups -OCH3 is 2. The smallest absolute Gasteiger partial charge is 0.417 e. The molecule has 10 heteroatoms. The molecule has 2 N–H and O–H groups in total. The highest BCUT2D eigenvalue weighted by Crippen LogP contribution is 2.31. The van der Waals surface area contributed by atoms with Crippen LogP contribution in [0.15, 0.2) is 36.5 Å². The zero-order chi connectivity index (χ0) is 22.4. The Hall–Kier alpha value is -3.17. The highest BCUT2D eigenvalue weighted by atomic mass is 19.4. The third kappa shape index (κ3) is 6.16. The van der Waals surface area contributed by atoms with Gasteiger partial charge in [-0.05, 0) is 43.9 Å². The SMILES string of the molecule is COc1ccc(NC(=O)NC2CCC(Oc3ccc(C(F)(F)F)cn3)CC2)cc1OC. The van der Waals surface area contributed by atoms with Crippen molar-refractivity contribution >= 4 is 11.7 Å². The van der Waals surface area contributed by atoms with E-state index >= 15 is 0 Å². The molecule has 1 heterocycles. The van der Waals surface area contributed by atoms with Crippen molar-refractivity contribution in [1.29, 1.82) is 0 Å². The van der Waals surface area contributed by atoms with Crippen molar-refractivity contribution in [3.8, 4) is 17.4 Å². The number of halogens is 3. The van der Waals surface area contributed by atoms with Crippen molar-refractivity contribution in [2.24, 2.45) is 0 Å². The van der Waals surface area contributed by atoms with Gasteiger partial charge in [0.1, 0.15) is 6.10 Å². The summed E-state index contributed by atoms with van der Waals surface area (Å²) in [6, 6.07) is 6.90. The van der Waals surface area contributed by atoms with Crippen molar-refractivity contribution < 1.29 is 32.2 Å². The molecule has 7 nitrogen and oxygen atoms in total. The molecule has 0 bridgehead atoms. The Labute approximate surface area is 177 Å². The van der Waals surface area contributed by atoms with E-state index in [4.69, 9.17) is 14.2 Å². The number of alkyl halides is 3. The number of rotatable bonds is 6. The van der Waals surface area contributed by atoms with Crippen LogP contribution in [0.25, 0.3) is 0 Å². The fourth-order valence-electron chi connectivity index (χ4n) is 3.38. The van der Waals surface area contributed by atoms with E-state index in [1.807, 2.05) is 0 Å². The Morgan fingerprint density at radius 3 is 2.32 bits per heavy atom. The van der Waals surface area contributed by atoms with Gasteiger partial charge in [-0.3, -0.25) is 0 Å². The Morgan fingerprint density at radius 2 is 1.74 bits per heavy atom. The molecule has 0 saturated heterocycles. The van der Waals surface area contributed by atoms with E-state index in [1.165, 1.54) is 20.3 Å². The predicted octanol–water partition coefficient (Wildman–Crippen LogP) is 4.63. The molecule has 0 spiro atoms. The van der Waals surface area contributed by atoms with Gasteiger partial charge in [0.15, 0.2) is 11.5 Å². The van der Waals surface area contributed by atoms with Gasteiger partial charge in [0.25, 0.3) is 0 Å². The van der Waals surface area contributed by atoms with E-state index in [1.54, 1.807) is 18.2 Å². The van der Waals surface area contributed by atoms with Crippen LogP contribution in [-0.4, -0.2) is 37.4 Å². The third-order valence-corrected chi connectivity index (χ3v) is 5.00. The molecular weight excluding hydrogens is 415 g/mol. The molecule has 1 aliphatic rings. The molecule has 1 aromatic carbocycles. The predicted molar refractivity (Wildman–Crippen MR) is 108 cm³/mol. The summed E-state index contributed by atoms with van der Waals surface area (Å²) in [5, 5.41) is 5.69. The topological polar surface area (TPSA) is 81.7 Å². The fraction of sp³-hybridized carbons (Fsp3) is 0.429. The van der Waals surface area contributed by atoms with E-state index in [9.17, 15) is 18.0 Å². The molecular formula is C21H24F3N3O4. The summed E-state index contributed by atoms with van der Waals surface area (Å²) in [5.41, 5.74) is -0.242. The van der Waals surface area contributed by atoms with Gasteiger partial charge in [0.05, 0.1) is 19.8 Å². The maximum atomic E-state index is 12.6. The fourth-order valence-corrected chi connectivity index (χ4v) is 3.38. The van der Waals surface area contributed by atoms with Gasteiger partial charge < -0.3 is 24.8 Å². The number of nitrogens with one attached hydrogen (secondary N) is 2. The first kappa shape index (κ1) is 22.5. The number of anilines is 1. The summed E-state index contributed by atoms with van der Waals surface area (Å²) in [6.07, 6.45) is -1.13. The number of hydrogen-bond donors (Lipinski definition) is 2. The lowest BCUT2D eigenvalue weighted by atomic mass is 9.93. The van der Waals surface area contributed by atoms with Crippen LogP contribution in [0, 0.1) is 0 Å². The normalized spacial score (nSPS) is 18.7. The van der Waals surface area contributed by atoms with Crippen LogP contribution in [0.2, 0.25) is 0 Å². The zero-order valence-electron chi connectivity index (χ0n) is 17.2. The van der Waals surface area contributed by atoms with Gasteiger partial charge in [-0.2, -0.15) is 13.2 Å².